The van der Waals surface area contributed by atoms with Gasteiger partial charge in [-0.25, -0.2) is 0 Å². The van der Waals surface area contributed by atoms with Crippen molar-refractivity contribution in [1.29, 1.82) is 0 Å². The van der Waals surface area contributed by atoms with Gasteiger partial charge in [0, 0.05) is 12.4 Å². The molecule has 2 heterocycles. The van der Waals surface area contributed by atoms with Gasteiger partial charge >= 0.3 is 0 Å². The number of pyridine rings is 1. The van der Waals surface area contributed by atoms with Crippen LogP contribution in [0.1, 0.15) is 30.9 Å². The average molecular weight is 235 g/mol. The van der Waals surface area contributed by atoms with Crippen LogP contribution in [0.4, 0.5) is 0 Å². The van der Waals surface area contributed by atoms with Crippen LogP contribution < -0.4 is 5.73 Å². The zero-order valence-electron chi connectivity index (χ0n) is 9.30. The number of hydrogen-bond donors (Lipinski definition) is 1. The predicted octanol–water partition coefficient (Wildman–Crippen LogP) is 1.89. The molecule has 1 saturated heterocycles. The van der Waals surface area contributed by atoms with Crippen LogP contribution in [0, 0.1) is 0 Å². The van der Waals surface area contributed by atoms with Gasteiger partial charge in [0.05, 0.1) is 11.0 Å². The third-order valence-corrected chi connectivity index (χ3v) is 3.25. The first-order valence-electron chi connectivity index (χ1n) is 5.72. The lowest BCUT2D eigenvalue weighted by Gasteiger charge is -2.33. The van der Waals surface area contributed by atoms with E-state index in [1.54, 1.807) is 6.20 Å². The number of piperidine rings is 1. The molecule has 0 bridgehead atoms. The number of hydrogen-bond acceptors (Lipinski definition) is 3. The van der Waals surface area contributed by atoms with Gasteiger partial charge in [-0.3, -0.25) is 9.88 Å². The Morgan fingerprint density at radius 3 is 2.69 bits per heavy atom. The van der Waals surface area contributed by atoms with Gasteiger partial charge < -0.3 is 5.73 Å². The minimum atomic E-state index is 0.0593. The van der Waals surface area contributed by atoms with E-state index in [1.807, 2.05) is 18.3 Å². The smallest absolute Gasteiger partial charge is 0.0948 e. The SMILES string of the molecule is NC(=S)C(c1cccnc1)N1CCCCC1. The molecule has 0 aromatic carbocycles. The molecular formula is C12H17N3S. The van der Waals surface area contributed by atoms with Crippen molar-refractivity contribution < 1.29 is 0 Å². The second kappa shape index (κ2) is 5.37. The van der Waals surface area contributed by atoms with Gasteiger partial charge in [0.15, 0.2) is 0 Å². The Kier molecular flexibility index (Phi) is 3.85. The van der Waals surface area contributed by atoms with E-state index in [1.165, 1.54) is 19.3 Å². The van der Waals surface area contributed by atoms with E-state index >= 15 is 0 Å². The Labute approximate surface area is 102 Å². The van der Waals surface area contributed by atoms with Crippen LogP contribution in [0.5, 0.6) is 0 Å². The number of likely N-dealkylation sites (tertiary alicyclic amines) is 1. The molecule has 1 aromatic heterocycles. The van der Waals surface area contributed by atoms with Crippen molar-refractivity contribution in [3.8, 4) is 0 Å². The molecule has 86 valence electrons. The Bertz CT molecular complexity index is 347. The van der Waals surface area contributed by atoms with Gasteiger partial charge in [-0.1, -0.05) is 24.7 Å². The molecule has 2 N–H and O–H groups in total. The van der Waals surface area contributed by atoms with Gasteiger partial charge in [-0.15, -0.1) is 0 Å². The van der Waals surface area contributed by atoms with E-state index < -0.39 is 0 Å². The summed E-state index contributed by atoms with van der Waals surface area (Å²) in [5.41, 5.74) is 6.97. The molecule has 1 atom stereocenters. The summed E-state index contributed by atoms with van der Waals surface area (Å²) in [6, 6.07) is 4.04. The molecule has 0 spiro atoms. The highest BCUT2D eigenvalue weighted by Gasteiger charge is 2.24. The maximum absolute atomic E-state index is 5.86. The molecule has 0 amide bonds. The highest BCUT2D eigenvalue weighted by atomic mass is 32.1. The lowest BCUT2D eigenvalue weighted by Crippen LogP contribution is -2.40. The lowest BCUT2D eigenvalue weighted by molar-refractivity contribution is 0.203. The van der Waals surface area contributed by atoms with Crippen LogP contribution in [0.3, 0.4) is 0 Å². The van der Waals surface area contributed by atoms with E-state index in [-0.39, 0.29) is 6.04 Å². The van der Waals surface area contributed by atoms with Crippen LogP contribution in [-0.2, 0) is 0 Å². The van der Waals surface area contributed by atoms with Crippen molar-refractivity contribution in [2.75, 3.05) is 13.1 Å². The molecule has 1 aromatic rings. The molecule has 0 saturated carbocycles. The molecule has 4 heteroatoms. The maximum atomic E-state index is 5.86. The number of nitrogens with two attached hydrogens (primary N) is 1. The van der Waals surface area contributed by atoms with Gasteiger partial charge in [0.2, 0.25) is 0 Å². The fourth-order valence-electron chi connectivity index (χ4n) is 2.27. The van der Waals surface area contributed by atoms with Crippen LogP contribution in [0.2, 0.25) is 0 Å². The molecule has 1 aliphatic rings. The molecule has 0 aliphatic carbocycles. The molecular weight excluding hydrogens is 218 g/mol. The summed E-state index contributed by atoms with van der Waals surface area (Å²) < 4.78 is 0. The topological polar surface area (TPSA) is 42.1 Å². The molecule has 0 radical (unpaired) electrons. The van der Waals surface area contributed by atoms with E-state index in [0.29, 0.717) is 4.99 Å². The summed E-state index contributed by atoms with van der Waals surface area (Å²) >= 11 is 5.19. The predicted molar refractivity (Wildman–Crippen MR) is 69.2 cm³/mol. The zero-order valence-corrected chi connectivity index (χ0v) is 10.1. The second-order valence-electron chi connectivity index (χ2n) is 4.19. The third-order valence-electron chi connectivity index (χ3n) is 3.03. The Balaban J connectivity index is 2.20. The van der Waals surface area contributed by atoms with Crippen molar-refractivity contribution in [2.45, 2.75) is 25.3 Å². The lowest BCUT2D eigenvalue weighted by atomic mass is 10.0. The quantitative estimate of drug-likeness (QED) is 0.813. The van der Waals surface area contributed by atoms with E-state index in [9.17, 15) is 0 Å². The molecule has 2 rings (SSSR count). The molecule has 1 aliphatic heterocycles. The monoisotopic (exact) mass is 235 g/mol. The first kappa shape index (κ1) is 11.5. The van der Waals surface area contributed by atoms with Crippen LogP contribution in [0.25, 0.3) is 0 Å². The van der Waals surface area contributed by atoms with Crippen molar-refractivity contribution in [3.63, 3.8) is 0 Å². The summed E-state index contributed by atoms with van der Waals surface area (Å²) in [7, 11) is 0. The van der Waals surface area contributed by atoms with E-state index in [4.69, 9.17) is 18.0 Å². The number of rotatable bonds is 3. The molecule has 1 fully saturated rings. The van der Waals surface area contributed by atoms with Crippen molar-refractivity contribution in [1.82, 2.24) is 9.88 Å². The second-order valence-corrected chi connectivity index (χ2v) is 4.66. The average Bonchev–Trinajstić information content (AvgIpc) is 2.31. The van der Waals surface area contributed by atoms with Crippen LogP contribution in [0.15, 0.2) is 24.5 Å². The molecule has 3 nitrogen and oxygen atoms in total. The Morgan fingerprint density at radius 1 is 1.38 bits per heavy atom. The number of aromatic nitrogens is 1. The summed E-state index contributed by atoms with van der Waals surface area (Å²) in [6.07, 6.45) is 7.42. The fraction of sp³-hybridized carbons (Fsp3) is 0.500. The normalized spacial score (nSPS) is 19.2. The molecule has 16 heavy (non-hydrogen) atoms. The fourth-order valence-corrected chi connectivity index (χ4v) is 2.55. The van der Waals surface area contributed by atoms with Gasteiger partial charge in [0.25, 0.3) is 0 Å². The van der Waals surface area contributed by atoms with Crippen molar-refractivity contribution in [2.24, 2.45) is 5.73 Å². The molecule has 1 unspecified atom stereocenters. The Hall–Kier alpha value is -1.00. The first-order valence-corrected chi connectivity index (χ1v) is 6.13. The summed E-state index contributed by atoms with van der Waals surface area (Å²) in [5.74, 6) is 0. The maximum Gasteiger partial charge on any atom is 0.0948 e. The van der Waals surface area contributed by atoms with Gasteiger partial charge in [-0.05, 0) is 37.6 Å². The standard InChI is InChI=1S/C12H17N3S/c13-12(16)11(10-5-4-6-14-9-10)15-7-2-1-3-8-15/h4-6,9,11H,1-3,7-8H2,(H2,13,16). The third kappa shape index (κ3) is 2.57. The largest absolute Gasteiger partial charge is 0.392 e. The Morgan fingerprint density at radius 2 is 2.12 bits per heavy atom. The summed E-state index contributed by atoms with van der Waals surface area (Å²) in [6.45, 7) is 2.16. The van der Waals surface area contributed by atoms with E-state index in [0.717, 1.165) is 18.7 Å². The van der Waals surface area contributed by atoms with Gasteiger partial charge in [0.1, 0.15) is 0 Å². The minimum Gasteiger partial charge on any atom is -0.392 e. The first-order chi connectivity index (χ1) is 7.79. The number of nitrogens with zero attached hydrogens (tertiary/aromatic N) is 2. The van der Waals surface area contributed by atoms with Crippen molar-refractivity contribution >= 4 is 17.2 Å². The van der Waals surface area contributed by atoms with Gasteiger partial charge in [-0.2, -0.15) is 0 Å². The van der Waals surface area contributed by atoms with E-state index in [2.05, 4.69) is 9.88 Å². The highest BCUT2D eigenvalue weighted by molar-refractivity contribution is 7.80. The summed E-state index contributed by atoms with van der Waals surface area (Å²) in [4.78, 5) is 7.06. The summed E-state index contributed by atoms with van der Waals surface area (Å²) in [5, 5.41) is 0. The minimum absolute atomic E-state index is 0.0593. The van der Waals surface area contributed by atoms with Crippen molar-refractivity contribution in [3.05, 3.63) is 30.1 Å². The zero-order chi connectivity index (χ0) is 11.4. The number of thiocarbonyl (C=S) groups is 1. The van der Waals surface area contributed by atoms with Crippen LogP contribution >= 0.6 is 12.2 Å². The highest BCUT2D eigenvalue weighted by Crippen LogP contribution is 2.24. The van der Waals surface area contributed by atoms with Crippen LogP contribution in [-0.4, -0.2) is 28.0 Å².